The van der Waals surface area contributed by atoms with Crippen molar-refractivity contribution >= 4 is 23.2 Å². The molecule has 0 aromatic heterocycles. The van der Waals surface area contributed by atoms with Crippen molar-refractivity contribution in [3.8, 4) is 5.75 Å². The largest absolute Gasteiger partial charge is 0.492 e. The lowest BCUT2D eigenvalue weighted by Gasteiger charge is -2.27. The zero-order valence-electron chi connectivity index (χ0n) is 9.22. The van der Waals surface area contributed by atoms with Gasteiger partial charge in [-0.05, 0) is 19.0 Å². The summed E-state index contributed by atoms with van der Waals surface area (Å²) in [6.07, 6.45) is 2.10. The van der Waals surface area contributed by atoms with Crippen molar-refractivity contribution < 1.29 is 4.74 Å². The quantitative estimate of drug-likeness (QED) is 0.892. The van der Waals surface area contributed by atoms with Gasteiger partial charge in [0.05, 0.1) is 11.6 Å². The highest BCUT2D eigenvalue weighted by molar-refractivity contribution is 6.43. The summed E-state index contributed by atoms with van der Waals surface area (Å²) < 4.78 is 5.59. The van der Waals surface area contributed by atoms with Crippen molar-refractivity contribution in [1.29, 1.82) is 0 Å². The maximum Gasteiger partial charge on any atom is 0.144 e. The predicted octanol–water partition coefficient (Wildman–Crippen LogP) is 3.82. The van der Waals surface area contributed by atoms with Crippen molar-refractivity contribution in [2.75, 3.05) is 13.2 Å². The Morgan fingerprint density at radius 1 is 1.44 bits per heavy atom. The highest BCUT2D eigenvalue weighted by atomic mass is 35.5. The van der Waals surface area contributed by atoms with Crippen LogP contribution in [-0.4, -0.2) is 13.2 Å². The fourth-order valence-electron chi connectivity index (χ4n) is 1.93. The normalized spacial score (nSPS) is 19.1. The molecule has 1 aliphatic rings. The Bertz CT molecular complexity index is 382. The molecule has 1 heterocycles. The monoisotopic (exact) mass is 259 g/mol. The zero-order valence-corrected chi connectivity index (χ0v) is 10.7. The van der Waals surface area contributed by atoms with E-state index in [0.29, 0.717) is 22.7 Å². The van der Waals surface area contributed by atoms with Crippen LogP contribution in [0.3, 0.4) is 0 Å². The van der Waals surface area contributed by atoms with Gasteiger partial charge < -0.3 is 10.1 Å². The summed E-state index contributed by atoms with van der Waals surface area (Å²) in [5.74, 6) is 0.744. The first-order chi connectivity index (χ1) is 7.74. The molecule has 0 saturated carbocycles. The van der Waals surface area contributed by atoms with E-state index in [0.717, 1.165) is 30.7 Å². The topological polar surface area (TPSA) is 21.3 Å². The summed E-state index contributed by atoms with van der Waals surface area (Å²) >= 11 is 12.1. The van der Waals surface area contributed by atoms with E-state index in [1.807, 2.05) is 12.1 Å². The lowest BCUT2D eigenvalue weighted by atomic mass is 10.0. The average Bonchev–Trinajstić information content (AvgIpc) is 2.31. The van der Waals surface area contributed by atoms with Crippen LogP contribution in [0.4, 0.5) is 0 Å². The molecule has 1 unspecified atom stereocenters. The Hall–Kier alpha value is -0.440. The molecule has 0 saturated heterocycles. The van der Waals surface area contributed by atoms with Crippen LogP contribution < -0.4 is 10.1 Å². The van der Waals surface area contributed by atoms with Crippen molar-refractivity contribution in [2.45, 2.75) is 25.8 Å². The Morgan fingerprint density at radius 3 is 3.00 bits per heavy atom. The fourth-order valence-corrected chi connectivity index (χ4v) is 2.31. The minimum atomic E-state index is 0.332. The Balaban J connectivity index is 2.28. The van der Waals surface area contributed by atoms with Crippen LogP contribution in [0.15, 0.2) is 12.1 Å². The molecule has 1 atom stereocenters. The second-order valence-corrected chi connectivity index (χ2v) is 4.71. The number of hydrogen-bond acceptors (Lipinski definition) is 2. The first kappa shape index (κ1) is 12.0. The number of benzene rings is 1. The van der Waals surface area contributed by atoms with Crippen molar-refractivity contribution in [3.05, 3.63) is 27.7 Å². The van der Waals surface area contributed by atoms with Crippen LogP contribution in [-0.2, 0) is 0 Å². The lowest BCUT2D eigenvalue weighted by Crippen LogP contribution is -2.27. The number of rotatable bonds is 3. The molecule has 2 rings (SSSR count). The summed E-state index contributed by atoms with van der Waals surface area (Å²) in [5.41, 5.74) is 1.12. The third kappa shape index (κ3) is 2.29. The number of nitrogens with one attached hydrogen (secondary N) is 1. The van der Waals surface area contributed by atoms with E-state index >= 15 is 0 Å². The van der Waals surface area contributed by atoms with Crippen LogP contribution in [0.5, 0.6) is 5.75 Å². The van der Waals surface area contributed by atoms with Crippen LogP contribution in [0.1, 0.15) is 31.4 Å². The Kier molecular flexibility index (Phi) is 3.95. The first-order valence-electron chi connectivity index (χ1n) is 5.58. The molecule has 1 N–H and O–H groups in total. The Labute approximate surface area is 106 Å². The van der Waals surface area contributed by atoms with Gasteiger partial charge in [0, 0.05) is 18.0 Å². The standard InChI is InChI=1S/C12H15Cl2NO/c1-2-6-15-10-5-7-16-12-8(10)3-4-9(13)11(12)14/h3-4,10,15H,2,5-7H2,1H3. The minimum absolute atomic E-state index is 0.332. The van der Waals surface area contributed by atoms with Crippen molar-refractivity contribution in [2.24, 2.45) is 0 Å². The molecule has 16 heavy (non-hydrogen) atoms. The van der Waals surface area contributed by atoms with E-state index in [1.54, 1.807) is 0 Å². The third-order valence-corrected chi connectivity index (χ3v) is 3.54. The van der Waals surface area contributed by atoms with Crippen LogP contribution in [0.2, 0.25) is 10.0 Å². The highest BCUT2D eigenvalue weighted by Crippen LogP contribution is 2.41. The second kappa shape index (κ2) is 5.26. The maximum absolute atomic E-state index is 6.13. The summed E-state index contributed by atoms with van der Waals surface area (Å²) in [7, 11) is 0. The molecule has 2 nitrogen and oxygen atoms in total. The Morgan fingerprint density at radius 2 is 2.25 bits per heavy atom. The van der Waals surface area contributed by atoms with Gasteiger partial charge in [-0.25, -0.2) is 0 Å². The van der Waals surface area contributed by atoms with Crippen molar-refractivity contribution in [1.82, 2.24) is 5.32 Å². The predicted molar refractivity (Wildman–Crippen MR) is 67.6 cm³/mol. The summed E-state index contributed by atoms with van der Waals surface area (Å²) in [6.45, 7) is 3.85. The van der Waals surface area contributed by atoms with E-state index in [9.17, 15) is 0 Å². The van der Waals surface area contributed by atoms with Gasteiger partial charge in [0.2, 0.25) is 0 Å². The zero-order chi connectivity index (χ0) is 11.5. The van der Waals surface area contributed by atoms with Crippen LogP contribution in [0.25, 0.3) is 0 Å². The molecule has 88 valence electrons. The van der Waals surface area contributed by atoms with Gasteiger partial charge in [-0.1, -0.05) is 36.2 Å². The van der Waals surface area contributed by atoms with E-state index in [1.165, 1.54) is 0 Å². The second-order valence-electron chi connectivity index (χ2n) is 3.92. The lowest BCUT2D eigenvalue weighted by molar-refractivity contribution is 0.253. The molecule has 0 radical (unpaired) electrons. The number of halogens is 2. The van der Waals surface area contributed by atoms with Gasteiger partial charge in [0.15, 0.2) is 0 Å². The van der Waals surface area contributed by atoms with E-state index < -0.39 is 0 Å². The minimum Gasteiger partial charge on any atom is -0.492 e. The van der Waals surface area contributed by atoms with Crippen LogP contribution in [0, 0.1) is 0 Å². The van der Waals surface area contributed by atoms with Crippen molar-refractivity contribution in [3.63, 3.8) is 0 Å². The molecular weight excluding hydrogens is 245 g/mol. The molecule has 0 amide bonds. The summed E-state index contributed by atoms with van der Waals surface area (Å²) in [5, 5.41) is 4.57. The first-order valence-corrected chi connectivity index (χ1v) is 6.33. The van der Waals surface area contributed by atoms with Gasteiger partial charge in [0.25, 0.3) is 0 Å². The van der Waals surface area contributed by atoms with Gasteiger partial charge >= 0.3 is 0 Å². The summed E-state index contributed by atoms with van der Waals surface area (Å²) in [6, 6.07) is 4.16. The third-order valence-electron chi connectivity index (χ3n) is 2.75. The molecule has 0 spiro atoms. The fraction of sp³-hybridized carbons (Fsp3) is 0.500. The smallest absolute Gasteiger partial charge is 0.144 e. The molecule has 1 aliphatic heterocycles. The number of fused-ring (bicyclic) bond motifs is 1. The number of ether oxygens (including phenoxy) is 1. The molecule has 0 aliphatic carbocycles. The summed E-state index contributed by atoms with van der Waals surface area (Å²) in [4.78, 5) is 0. The maximum atomic E-state index is 6.13. The molecule has 0 bridgehead atoms. The molecule has 1 aromatic rings. The van der Waals surface area contributed by atoms with Gasteiger partial charge in [0.1, 0.15) is 10.8 Å². The van der Waals surface area contributed by atoms with E-state index in [2.05, 4.69) is 12.2 Å². The molecular formula is C12H15Cl2NO. The van der Waals surface area contributed by atoms with Crippen LogP contribution >= 0.6 is 23.2 Å². The van der Waals surface area contributed by atoms with E-state index in [4.69, 9.17) is 27.9 Å². The molecule has 4 heteroatoms. The number of hydrogen-bond donors (Lipinski definition) is 1. The molecule has 0 fully saturated rings. The van der Waals surface area contributed by atoms with Gasteiger partial charge in [-0.15, -0.1) is 0 Å². The highest BCUT2D eigenvalue weighted by Gasteiger charge is 2.23. The van der Waals surface area contributed by atoms with E-state index in [-0.39, 0.29) is 0 Å². The molecule has 1 aromatic carbocycles. The SMILES string of the molecule is CCCNC1CCOc2c1ccc(Cl)c2Cl. The van der Waals surface area contributed by atoms with Gasteiger partial charge in [-0.3, -0.25) is 0 Å². The average molecular weight is 260 g/mol. The van der Waals surface area contributed by atoms with Gasteiger partial charge in [-0.2, -0.15) is 0 Å².